The van der Waals surface area contributed by atoms with Gasteiger partial charge in [0.25, 0.3) is 0 Å². The van der Waals surface area contributed by atoms with E-state index in [9.17, 15) is 9.59 Å². The van der Waals surface area contributed by atoms with E-state index in [1.807, 2.05) is 48.5 Å². The summed E-state index contributed by atoms with van der Waals surface area (Å²) >= 11 is 0. The third kappa shape index (κ3) is 6.24. The number of benzene rings is 2. The molecule has 0 unspecified atom stereocenters. The topological polar surface area (TPSA) is 66.7 Å². The van der Waals surface area contributed by atoms with E-state index in [1.54, 1.807) is 32.5 Å². The summed E-state index contributed by atoms with van der Waals surface area (Å²) in [5.41, 5.74) is 1.43. The summed E-state index contributed by atoms with van der Waals surface area (Å²) in [5.74, 6) is -1.43. The fourth-order valence-electron chi connectivity index (χ4n) is 2.24. The summed E-state index contributed by atoms with van der Waals surface area (Å²) in [5, 5.41) is 4.46. The van der Waals surface area contributed by atoms with E-state index in [1.165, 1.54) is 0 Å². The highest BCUT2D eigenvalue weighted by Crippen LogP contribution is 2.32. The first kappa shape index (κ1) is 20.1. The molecule has 0 saturated heterocycles. The van der Waals surface area contributed by atoms with Crippen molar-refractivity contribution in [3.8, 4) is 0 Å². The lowest BCUT2D eigenvalue weighted by Crippen LogP contribution is -2.18. The minimum Gasteiger partial charge on any atom is -0.508 e. The van der Waals surface area contributed by atoms with E-state index in [0.29, 0.717) is 5.56 Å². The van der Waals surface area contributed by atoms with Gasteiger partial charge in [0.15, 0.2) is 11.6 Å². The van der Waals surface area contributed by atoms with Crippen LogP contribution in [-0.4, -0.2) is 25.2 Å². The third-order valence-corrected chi connectivity index (χ3v) is 3.41. The molecular weight excluding hydrogens is 342 g/mol. The van der Waals surface area contributed by atoms with E-state index >= 15 is 0 Å². The third-order valence-electron chi connectivity index (χ3n) is 3.41. The van der Waals surface area contributed by atoms with Crippen molar-refractivity contribution in [3.05, 3.63) is 101 Å². The molecule has 0 bridgehead atoms. The van der Waals surface area contributed by atoms with Crippen LogP contribution in [-0.2, 0) is 19.1 Å². The molecule has 27 heavy (non-hydrogen) atoms. The largest absolute Gasteiger partial charge is 0.508 e. The summed E-state index contributed by atoms with van der Waals surface area (Å²) in [6.45, 7) is 5.33. The second-order valence-corrected chi connectivity index (χ2v) is 5.32. The van der Waals surface area contributed by atoms with Crippen molar-refractivity contribution < 1.29 is 19.1 Å². The van der Waals surface area contributed by atoms with Gasteiger partial charge in [-0.15, -0.1) is 0 Å². The van der Waals surface area contributed by atoms with Gasteiger partial charge in [0, 0.05) is 24.3 Å². The molecule has 0 amide bonds. The maximum Gasteiger partial charge on any atom is 0.406 e. The number of ether oxygens (including phenoxy) is 2. The van der Waals surface area contributed by atoms with Crippen molar-refractivity contribution in [2.75, 3.05) is 13.2 Å². The van der Waals surface area contributed by atoms with E-state index in [-0.39, 0.29) is 24.8 Å². The summed E-state index contributed by atoms with van der Waals surface area (Å²) in [7, 11) is 0. The first-order valence-electron chi connectivity index (χ1n) is 8.65. The first-order chi connectivity index (χ1) is 13.2. The fraction of sp³-hybridized carbons (Fsp3) is 0.182. The number of carbonyl (C=O) groups excluding carboxylic acids is 2. The van der Waals surface area contributed by atoms with E-state index < -0.39 is 11.9 Å². The number of hydrogen-bond donors (Lipinski definition) is 0. The molecular formula is C22H21NO4+. The maximum atomic E-state index is 12.5. The molecule has 0 N–H and O–H groups in total. The zero-order chi connectivity index (χ0) is 19.5. The standard InChI is InChI=1S/C22H21NO4/c1-3-26-20(24)15-19(22(25)27-4-2)21(18-13-9-6-10-14-18)23-16-17-11-7-5-8-12-17/h5-14,16H,3-4H2,1-2H3/q+1. The molecule has 5 heteroatoms. The highest BCUT2D eigenvalue weighted by Gasteiger charge is 2.28. The van der Waals surface area contributed by atoms with E-state index in [0.717, 1.165) is 5.56 Å². The fourth-order valence-corrected chi connectivity index (χ4v) is 2.24. The molecule has 0 aliphatic heterocycles. The molecule has 0 fully saturated rings. The second-order valence-electron chi connectivity index (χ2n) is 5.32. The zero-order valence-electron chi connectivity index (χ0n) is 15.3. The molecule has 5 nitrogen and oxygen atoms in total. The van der Waals surface area contributed by atoms with Crippen LogP contribution in [0.2, 0.25) is 0 Å². The van der Waals surface area contributed by atoms with Crippen molar-refractivity contribution in [3.63, 3.8) is 0 Å². The average molecular weight is 363 g/mol. The number of carbonyl (C=O) groups is 2. The molecule has 2 aromatic rings. The summed E-state index contributed by atoms with van der Waals surface area (Å²) in [6.07, 6.45) is 2.47. The van der Waals surface area contributed by atoms with Gasteiger partial charge in [-0.2, -0.15) is 4.79 Å². The van der Waals surface area contributed by atoms with Crippen molar-refractivity contribution in [1.29, 1.82) is 0 Å². The average Bonchev–Trinajstić information content (AvgIpc) is 2.69. The Labute approximate surface area is 160 Å². The second kappa shape index (κ2) is 10.7. The van der Waals surface area contributed by atoms with Crippen LogP contribution in [0.1, 0.15) is 25.0 Å². The molecule has 2 rings (SSSR count). The maximum absolute atomic E-state index is 12.5. The molecule has 0 aromatic heterocycles. The molecule has 0 atom stereocenters. The van der Waals surface area contributed by atoms with Gasteiger partial charge in [0.05, 0.1) is 18.8 Å². The van der Waals surface area contributed by atoms with Crippen molar-refractivity contribution in [2.45, 2.75) is 13.8 Å². The van der Waals surface area contributed by atoms with Gasteiger partial charge in [-0.3, -0.25) is 0 Å². The van der Waals surface area contributed by atoms with Crippen molar-refractivity contribution in [1.82, 2.24) is 0 Å². The Kier molecular flexibility index (Phi) is 8.00. The van der Waals surface area contributed by atoms with Crippen molar-refractivity contribution >= 4 is 11.9 Å². The van der Waals surface area contributed by atoms with E-state index in [4.69, 9.17) is 9.47 Å². The summed E-state index contributed by atoms with van der Waals surface area (Å²) in [4.78, 5) is 24.4. The van der Waals surface area contributed by atoms with Crippen LogP contribution in [0, 0.1) is 18.7 Å². The van der Waals surface area contributed by atoms with Crippen molar-refractivity contribution in [2.24, 2.45) is 0 Å². The highest BCUT2D eigenvalue weighted by molar-refractivity contribution is 5.99. The monoisotopic (exact) mass is 363 g/mol. The van der Waals surface area contributed by atoms with Crippen LogP contribution in [0.4, 0.5) is 0 Å². The predicted octanol–water partition coefficient (Wildman–Crippen LogP) is 4.01. The van der Waals surface area contributed by atoms with Gasteiger partial charge in [0.2, 0.25) is 0 Å². The molecule has 137 valence electrons. The number of hydrogen-bond acceptors (Lipinski definition) is 4. The molecule has 0 spiro atoms. The van der Waals surface area contributed by atoms with Gasteiger partial charge >= 0.3 is 11.9 Å². The Morgan fingerprint density at radius 1 is 0.963 bits per heavy atom. The van der Waals surface area contributed by atoms with Crippen LogP contribution in [0.5, 0.6) is 0 Å². The minimum absolute atomic E-state index is 0.0753. The van der Waals surface area contributed by atoms with Crippen LogP contribution in [0.25, 0.3) is 5.32 Å². The van der Waals surface area contributed by atoms with Gasteiger partial charge < -0.3 is 14.8 Å². The SMILES string of the molecule is CCOC(=O)[C]=C(C(=O)OCC)[C+]([N-][CH+]c1ccccc1)c1ccccc1. The van der Waals surface area contributed by atoms with Crippen LogP contribution in [0.15, 0.2) is 66.2 Å². The molecule has 2 aromatic carbocycles. The minimum atomic E-state index is -0.746. The normalized spacial score (nSPS) is 10.8. The molecule has 0 saturated carbocycles. The Morgan fingerprint density at radius 3 is 2.15 bits per heavy atom. The van der Waals surface area contributed by atoms with Crippen LogP contribution >= 0.6 is 0 Å². The highest BCUT2D eigenvalue weighted by atomic mass is 16.5. The lowest BCUT2D eigenvalue weighted by Gasteiger charge is -2.24. The predicted molar refractivity (Wildman–Crippen MR) is 102 cm³/mol. The smallest absolute Gasteiger partial charge is 0.406 e. The van der Waals surface area contributed by atoms with Gasteiger partial charge in [-0.1, -0.05) is 6.54 Å². The van der Waals surface area contributed by atoms with Gasteiger partial charge in [-0.25, -0.2) is 4.79 Å². The number of rotatable bonds is 9. The Balaban J connectivity index is 2.36. The molecule has 1 radical (unpaired) electrons. The quantitative estimate of drug-likeness (QED) is 0.384. The summed E-state index contributed by atoms with van der Waals surface area (Å²) in [6, 6.07) is 18.8. The Hall–Kier alpha value is -3.18. The Bertz CT molecular complexity index is 756. The van der Waals surface area contributed by atoms with E-state index in [2.05, 4.69) is 11.4 Å². The number of nitrogens with zero attached hydrogens (tertiary/aromatic N) is 1. The van der Waals surface area contributed by atoms with Gasteiger partial charge in [0.1, 0.15) is 5.56 Å². The zero-order valence-corrected chi connectivity index (χ0v) is 15.3. The van der Waals surface area contributed by atoms with Crippen LogP contribution < -0.4 is 0 Å². The Morgan fingerprint density at radius 2 is 1.56 bits per heavy atom. The van der Waals surface area contributed by atoms with Crippen LogP contribution in [0.3, 0.4) is 0 Å². The van der Waals surface area contributed by atoms with Gasteiger partial charge in [-0.05, 0) is 56.3 Å². The lowest BCUT2D eigenvalue weighted by molar-refractivity contribution is -0.141. The molecule has 0 aliphatic carbocycles. The molecule has 0 heterocycles. The molecule has 0 aliphatic rings. The number of esters is 2. The first-order valence-corrected chi connectivity index (χ1v) is 8.65. The lowest BCUT2D eigenvalue weighted by atomic mass is 9.97. The summed E-state index contributed by atoms with van der Waals surface area (Å²) < 4.78 is 10.0.